The topological polar surface area (TPSA) is 104 Å². The molecule has 10 heteroatoms. The number of nitrogens with one attached hydrogen (secondary N) is 2. The van der Waals surface area contributed by atoms with Gasteiger partial charge in [-0.25, -0.2) is 0 Å². The number of aromatic nitrogens is 1. The smallest absolute Gasteiger partial charge is 0.248 e. The maximum absolute atomic E-state index is 16.1. The molecule has 4 atom stereocenters. The molecule has 2 heterocycles. The molecule has 5 rings (SSSR count). The number of aliphatic hydroxyl groups excluding tert-OH is 1. The van der Waals surface area contributed by atoms with Crippen molar-refractivity contribution in [3.63, 3.8) is 0 Å². The number of fused-ring (bicyclic) bond motifs is 2. The van der Waals surface area contributed by atoms with Gasteiger partial charge in [0.25, 0.3) is 0 Å². The van der Waals surface area contributed by atoms with Crippen molar-refractivity contribution >= 4 is 36.8 Å². The van der Waals surface area contributed by atoms with E-state index in [0.29, 0.717) is 18.0 Å². The van der Waals surface area contributed by atoms with Crippen LogP contribution in [-0.2, 0) is 27.3 Å². The number of amides is 2. The highest BCUT2D eigenvalue weighted by Crippen LogP contribution is 2.48. The maximum Gasteiger partial charge on any atom is 0.248 e. The van der Waals surface area contributed by atoms with Gasteiger partial charge < -0.3 is 33.9 Å². The quantitative estimate of drug-likeness (QED) is 0.124. The van der Waals surface area contributed by atoms with E-state index in [1.807, 2.05) is 73.8 Å². The number of hydrogen-bond acceptors (Lipinski definition) is 5. The van der Waals surface area contributed by atoms with Crippen molar-refractivity contribution in [1.29, 1.82) is 0 Å². The van der Waals surface area contributed by atoms with E-state index in [-0.39, 0.29) is 43.7 Å². The molecule has 0 saturated carbocycles. The molecular formula is C35H42FN3O5Si. The van der Waals surface area contributed by atoms with E-state index < -0.39 is 26.2 Å². The van der Waals surface area contributed by atoms with Crippen molar-refractivity contribution < 1.29 is 28.3 Å². The Kier molecular flexibility index (Phi) is 10.1. The Labute approximate surface area is 264 Å². The van der Waals surface area contributed by atoms with Crippen LogP contribution in [0.2, 0.25) is 18.6 Å². The first-order valence-corrected chi connectivity index (χ1v) is 18.3. The number of ether oxygens (including phenoxy) is 2. The van der Waals surface area contributed by atoms with Crippen molar-refractivity contribution in [3.8, 4) is 5.75 Å². The molecule has 1 aliphatic heterocycles. The number of anilines is 1. The summed E-state index contributed by atoms with van der Waals surface area (Å²) in [6.45, 7) is 5.48. The first-order valence-electron chi connectivity index (χ1n) is 15.4. The lowest BCUT2D eigenvalue weighted by Crippen LogP contribution is -2.48. The van der Waals surface area contributed by atoms with Crippen LogP contribution in [0.1, 0.15) is 36.1 Å². The predicted molar refractivity (Wildman–Crippen MR) is 176 cm³/mol. The van der Waals surface area contributed by atoms with Crippen LogP contribution < -0.4 is 10.1 Å². The van der Waals surface area contributed by atoms with Crippen molar-refractivity contribution in [1.82, 2.24) is 9.88 Å². The van der Waals surface area contributed by atoms with Crippen LogP contribution in [0.5, 0.6) is 5.75 Å². The number of hydrogen-bond donors (Lipinski definition) is 3. The lowest BCUT2D eigenvalue weighted by molar-refractivity contribution is -0.133. The average Bonchev–Trinajstić information content (AvgIpc) is 3.42. The van der Waals surface area contributed by atoms with Crippen LogP contribution in [0.3, 0.4) is 0 Å². The summed E-state index contributed by atoms with van der Waals surface area (Å²) in [5.74, 6) is -0.102. The van der Waals surface area contributed by atoms with E-state index >= 15 is 4.11 Å². The molecule has 0 fully saturated rings. The molecule has 2 amide bonds. The Hall–Kier alpha value is -3.99. The SMILES string of the molecule is CO[C@@H]1c2cc(NC(=O)Cc3c[nH]c4ccccc34)ccc2O[C@H](C(CC(=O)N(CCO)Cc2ccccc2)[Si](C)(C)F)[C@H]1C. The second kappa shape index (κ2) is 14.0. The van der Waals surface area contributed by atoms with Gasteiger partial charge in [0.1, 0.15) is 11.9 Å². The molecule has 1 aliphatic rings. The number of aliphatic hydroxyl groups is 1. The summed E-state index contributed by atoms with van der Waals surface area (Å²) in [4.78, 5) is 31.4. The number of aromatic amines is 1. The highest BCUT2D eigenvalue weighted by molar-refractivity contribution is 6.72. The van der Waals surface area contributed by atoms with Crippen molar-refractivity contribution in [2.24, 2.45) is 5.92 Å². The Morgan fingerprint density at radius 2 is 1.84 bits per heavy atom. The Morgan fingerprint density at radius 1 is 1.11 bits per heavy atom. The fourth-order valence-electron chi connectivity index (χ4n) is 6.39. The molecule has 3 N–H and O–H groups in total. The molecule has 4 aromatic rings. The standard InChI is InChI=1S/C35H42FN3O5Si/c1-23-34(43-2)28-19-26(38-32(41)18-25-21-37-29-13-9-8-12-27(25)29)14-15-30(28)44-35(23)31(45(3,4)36)20-33(42)39(16-17-40)22-24-10-6-5-7-11-24/h5-15,19,21,23,31,34-35,37,40H,16-18,20,22H2,1-4H3,(H,38,41)/t23-,31?,34-,35-/m0/s1. The molecule has 0 saturated heterocycles. The van der Waals surface area contributed by atoms with Crippen LogP contribution in [-0.4, -0.2) is 61.6 Å². The average molecular weight is 632 g/mol. The molecule has 3 aromatic carbocycles. The van der Waals surface area contributed by atoms with Gasteiger partial charge in [0.05, 0.1) is 19.1 Å². The van der Waals surface area contributed by atoms with Gasteiger partial charge in [-0.2, -0.15) is 0 Å². The van der Waals surface area contributed by atoms with Crippen LogP contribution in [0, 0.1) is 5.92 Å². The summed E-state index contributed by atoms with van der Waals surface area (Å²) < 4.78 is 28.5. The number of methoxy groups -OCH3 is 1. The number of rotatable bonds is 12. The van der Waals surface area contributed by atoms with Gasteiger partial charge in [-0.05, 0) is 48.5 Å². The predicted octanol–water partition coefficient (Wildman–Crippen LogP) is 6.39. The fourth-order valence-corrected chi connectivity index (χ4v) is 8.21. The molecule has 45 heavy (non-hydrogen) atoms. The first kappa shape index (κ1) is 32.4. The number of carbonyl (C=O) groups is 2. The molecule has 1 unspecified atom stereocenters. The summed E-state index contributed by atoms with van der Waals surface area (Å²) in [6.07, 6.45) is 0.998. The van der Waals surface area contributed by atoms with Crippen molar-refractivity contribution in [2.45, 2.75) is 57.2 Å². The zero-order chi connectivity index (χ0) is 32.1. The number of benzene rings is 3. The third-order valence-corrected chi connectivity index (χ3v) is 11.0. The number of H-pyrrole nitrogens is 1. The number of halogens is 1. The normalized spacial score (nSPS) is 18.6. The fraction of sp³-hybridized carbons (Fsp3) is 0.371. The molecule has 0 bridgehead atoms. The minimum Gasteiger partial charge on any atom is -0.490 e. The number of para-hydroxylation sites is 1. The Morgan fingerprint density at radius 3 is 2.56 bits per heavy atom. The van der Waals surface area contributed by atoms with Gasteiger partial charge >= 0.3 is 0 Å². The highest BCUT2D eigenvalue weighted by Gasteiger charge is 2.48. The first-order chi connectivity index (χ1) is 21.6. The minimum absolute atomic E-state index is 0.0364. The minimum atomic E-state index is -3.44. The summed E-state index contributed by atoms with van der Waals surface area (Å²) in [5, 5.41) is 13.7. The van der Waals surface area contributed by atoms with Gasteiger partial charge in [0.2, 0.25) is 20.2 Å². The third-order valence-electron chi connectivity index (χ3n) is 8.75. The maximum atomic E-state index is 16.1. The van der Waals surface area contributed by atoms with Gasteiger partial charge in [0.15, 0.2) is 0 Å². The molecule has 0 spiro atoms. The summed E-state index contributed by atoms with van der Waals surface area (Å²) in [7, 11) is -1.83. The van der Waals surface area contributed by atoms with E-state index in [4.69, 9.17) is 9.47 Å². The van der Waals surface area contributed by atoms with E-state index in [9.17, 15) is 14.7 Å². The van der Waals surface area contributed by atoms with Crippen molar-refractivity contribution in [3.05, 3.63) is 95.7 Å². The Bertz CT molecular complexity index is 1620. The van der Waals surface area contributed by atoms with Gasteiger partial charge in [-0.1, -0.05) is 55.5 Å². The number of carbonyl (C=O) groups excluding carboxylic acids is 2. The molecule has 8 nitrogen and oxygen atoms in total. The van der Waals surface area contributed by atoms with Crippen LogP contribution in [0.4, 0.5) is 9.80 Å². The molecular weight excluding hydrogens is 589 g/mol. The van der Waals surface area contributed by atoms with Gasteiger partial charge in [-0.3, -0.25) is 9.59 Å². The zero-order valence-electron chi connectivity index (χ0n) is 26.3. The largest absolute Gasteiger partial charge is 0.490 e. The summed E-state index contributed by atoms with van der Waals surface area (Å²) >= 11 is 0. The van der Waals surface area contributed by atoms with Gasteiger partial charge in [0, 0.05) is 66.4 Å². The van der Waals surface area contributed by atoms with Crippen molar-refractivity contribution in [2.75, 3.05) is 25.6 Å². The summed E-state index contributed by atoms with van der Waals surface area (Å²) in [5.41, 5.74) is 3.55. The second-order valence-electron chi connectivity index (χ2n) is 12.3. The van der Waals surface area contributed by atoms with Crippen LogP contribution in [0.15, 0.2) is 79.0 Å². The molecule has 238 valence electrons. The van der Waals surface area contributed by atoms with Crippen LogP contribution in [0.25, 0.3) is 10.9 Å². The second-order valence-corrected chi connectivity index (χ2v) is 16.2. The lowest BCUT2D eigenvalue weighted by atomic mass is 9.86. The monoisotopic (exact) mass is 631 g/mol. The van der Waals surface area contributed by atoms with E-state index in [0.717, 1.165) is 27.6 Å². The highest BCUT2D eigenvalue weighted by atomic mass is 28.4. The number of nitrogens with zero attached hydrogens (tertiary/aromatic N) is 1. The zero-order valence-corrected chi connectivity index (χ0v) is 27.3. The Balaban J connectivity index is 1.33. The van der Waals surface area contributed by atoms with Crippen LogP contribution >= 0.6 is 0 Å². The molecule has 0 radical (unpaired) electrons. The molecule has 0 aliphatic carbocycles. The lowest BCUT2D eigenvalue weighted by Gasteiger charge is -2.43. The van der Waals surface area contributed by atoms with E-state index in [2.05, 4.69) is 10.3 Å². The van der Waals surface area contributed by atoms with Gasteiger partial charge in [-0.15, -0.1) is 0 Å². The van der Waals surface area contributed by atoms with E-state index in [1.54, 1.807) is 37.2 Å². The third kappa shape index (κ3) is 7.46. The van der Waals surface area contributed by atoms with E-state index in [1.165, 1.54) is 0 Å². The summed E-state index contributed by atoms with van der Waals surface area (Å²) in [6, 6.07) is 22.8. The molecule has 1 aromatic heterocycles.